The number of phenols is 1. The SMILES string of the molecule is Nc1c(Br)cc(C[C@H](NC(=O)N2CCC(n3c(=O)[nH]c4ccc(O)cc43)CC2)C(=O)N2CCC(N3CCCCC3)CC2)cc1Br. The van der Waals surface area contributed by atoms with Crippen LogP contribution in [0.1, 0.15) is 56.6 Å². The Kier molecular flexibility index (Phi) is 9.76. The number of H-pyrrole nitrogens is 1. The molecule has 5 N–H and O–H groups in total. The summed E-state index contributed by atoms with van der Waals surface area (Å²) in [7, 11) is 0. The van der Waals surface area contributed by atoms with E-state index in [1.807, 2.05) is 17.0 Å². The van der Waals surface area contributed by atoms with E-state index in [0.717, 1.165) is 40.4 Å². The minimum absolute atomic E-state index is 0.0652. The van der Waals surface area contributed by atoms with Crippen LogP contribution in [-0.2, 0) is 11.2 Å². The number of benzene rings is 2. The largest absolute Gasteiger partial charge is 0.508 e. The summed E-state index contributed by atoms with van der Waals surface area (Å²) in [5.74, 6) is 0.0307. The van der Waals surface area contributed by atoms with Gasteiger partial charge in [0.15, 0.2) is 0 Å². The summed E-state index contributed by atoms with van der Waals surface area (Å²) in [5.41, 5.74) is 8.67. The lowest BCUT2D eigenvalue weighted by Crippen LogP contribution is -2.56. The third-order valence-corrected chi connectivity index (χ3v) is 11.0. The minimum atomic E-state index is -0.733. The highest BCUT2D eigenvalue weighted by atomic mass is 79.9. The van der Waals surface area contributed by atoms with E-state index in [-0.39, 0.29) is 29.4 Å². The Morgan fingerprint density at radius 1 is 0.911 bits per heavy atom. The number of piperidine rings is 3. The summed E-state index contributed by atoms with van der Waals surface area (Å²) in [6.07, 6.45) is 7.19. The number of fused-ring (bicyclic) bond motifs is 1. The number of phenolic OH excluding ortho intramolecular Hbond substituents is 1. The second-order valence-electron chi connectivity index (χ2n) is 12.6. The molecule has 242 valence electrons. The molecular weight excluding hydrogens is 706 g/mol. The number of aromatic nitrogens is 2. The maximum absolute atomic E-state index is 14.0. The van der Waals surface area contributed by atoms with Crippen LogP contribution in [0.15, 0.2) is 44.1 Å². The maximum atomic E-state index is 14.0. The number of imidazole rings is 1. The number of carbonyl (C=O) groups is 2. The van der Waals surface area contributed by atoms with Crippen molar-refractivity contribution in [3.8, 4) is 5.75 Å². The molecule has 0 bridgehead atoms. The molecule has 0 aliphatic carbocycles. The van der Waals surface area contributed by atoms with E-state index >= 15 is 0 Å². The van der Waals surface area contributed by atoms with Crippen molar-refractivity contribution in [2.45, 2.75) is 69.5 Å². The number of nitrogen functional groups attached to an aromatic ring is 1. The Morgan fingerprint density at radius 2 is 1.53 bits per heavy atom. The van der Waals surface area contributed by atoms with Gasteiger partial charge in [0.2, 0.25) is 5.91 Å². The van der Waals surface area contributed by atoms with E-state index < -0.39 is 6.04 Å². The lowest BCUT2D eigenvalue weighted by Gasteiger charge is -2.41. The summed E-state index contributed by atoms with van der Waals surface area (Å²) < 4.78 is 3.14. The number of aromatic amines is 1. The Labute approximate surface area is 279 Å². The molecule has 3 aromatic rings. The van der Waals surface area contributed by atoms with E-state index in [0.29, 0.717) is 68.2 Å². The molecular formula is C32H41Br2N7O4. The fourth-order valence-electron chi connectivity index (χ4n) is 7.19. The van der Waals surface area contributed by atoms with Crippen LogP contribution in [0.3, 0.4) is 0 Å². The number of halogens is 2. The van der Waals surface area contributed by atoms with Gasteiger partial charge in [-0.2, -0.15) is 0 Å². The van der Waals surface area contributed by atoms with Gasteiger partial charge in [-0.1, -0.05) is 6.42 Å². The van der Waals surface area contributed by atoms with Crippen LogP contribution in [0, 0.1) is 0 Å². The third-order valence-electron chi connectivity index (χ3n) is 9.68. The van der Waals surface area contributed by atoms with Gasteiger partial charge in [0.25, 0.3) is 0 Å². The Hall–Kier alpha value is -3.03. The van der Waals surface area contributed by atoms with Gasteiger partial charge in [-0.15, -0.1) is 0 Å². The molecule has 3 fully saturated rings. The molecule has 0 unspecified atom stereocenters. The van der Waals surface area contributed by atoms with Gasteiger partial charge < -0.3 is 35.8 Å². The van der Waals surface area contributed by atoms with Gasteiger partial charge in [0.05, 0.1) is 16.7 Å². The first kappa shape index (κ1) is 31.9. The molecule has 1 atom stereocenters. The van der Waals surface area contributed by atoms with Crippen molar-refractivity contribution in [1.82, 2.24) is 29.6 Å². The van der Waals surface area contributed by atoms with Crippen molar-refractivity contribution in [1.29, 1.82) is 0 Å². The first-order valence-corrected chi connectivity index (χ1v) is 17.5. The van der Waals surface area contributed by atoms with Gasteiger partial charge in [-0.25, -0.2) is 9.59 Å². The Bertz CT molecular complexity index is 1580. The summed E-state index contributed by atoms with van der Waals surface area (Å²) in [5, 5.41) is 13.1. The van der Waals surface area contributed by atoms with E-state index in [9.17, 15) is 19.5 Å². The average molecular weight is 748 g/mol. The van der Waals surface area contributed by atoms with Gasteiger partial charge in [-0.3, -0.25) is 9.36 Å². The molecule has 3 aliphatic heterocycles. The molecule has 6 rings (SSSR count). The smallest absolute Gasteiger partial charge is 0.326 e. The van der Waals surface area contributed by atoms with Crippen molar-refractivity contribution in [3.05, 3.63) is 55.3 Å². The molecule has 11 nitrogen and oxygen atoms in total. The summed E-state index contributed by atoms with van der Waals surface area (Å²) in [6, 6.07) is 8.01. The van der Waals surface area contributed by atoms with Gasteiger partial charge >= 0.3 is 11.7 Å². The molecule has 45 heavy (non-hydrogen) atoms. The molecule has 1 aromatic heterocycles. The highest BCUT2D eigenvalue weighted by molar-refractivity contribution is 9.11. The molecule has 4 heterocycles. The fourth-order valence-corrected chi connectivity index (χ4v) is 8.47. The summed E-state index contributed by atoms with van der Waals surface area (Å²) in [4.78, 5) is 49.5. The number of hydrogen-bond donors (Lipinski definition) is 4. The number of nitrogens with two attached hydrogens (primary N) is 1. The first-order valence-electron chi connectivity index (χ1n) is 15.9. The third kappa shape index (κ3) is 7.05. The van der Waals surface area contributed by atoms with Crippen molar-refractivity contribution in [2.75, 3.05) is 45.0 Å². The average Bonchev–Trinajstić information content (AvgIpc) is 3.38. The molecule has 2 aromatic carbocycles. The highest BCUT2D eigenvalue weighted by Crippen LogP contribution is 2.31. The standard InChI is InChI=1S/C32H41Br2N7O4/c33-24-16-20(17-25(34)29(24)35)18-27(30(43)39-12-6-21(7-13-39)38-10-2-1-3-11-38)37-31(44)40-14-8-22(9-15-40)41-28-19-23(42)4-5-26(28)36-32(41)45/h4-5,16-17,19,21-22,27,42H,1-3,6-15,18,35H2,(H,36,45)(H,37,44)/t27-/m0/s1. The number of amides is 3. The zero-order valence-corrected chi connectivity index (χ0v) is 28.5. The van der Waals surface area contributed by atoms with Crippen LogP contribution in [0.2, 0.25) is 0 Å². The van der Waals surface area contributed by atoms with Crippen LogP contribution >= 0.6 is 31.9 Å². The fraction of sp³-hybridized carbons (Fsp3) is 0.531. The molecule has 3 saturated heterocycles. The number of carbonyl (C=O) groups excluding carboxylic acids is 2. The monoisotopic (exact) mass is 745 g/mol. The van der Waals surface area contributed by atoms with Crippen LogP contribution in [-0.4, -0.2) is 92.6 Å². The van der Waals surface area contributed by atoms with E-state index in [1.54, 1.807) is 27.7 Å². The van der Waals surface area contributed by atoms with Crippen molar-refractivity contribution < 1.29 is 14.7 Å². The van der Waals surface area contributed by atoms with Gasteiger partial charge in [0, 0.05) is 59.7 Å². The van der Waals surface area contributed by atoms with Crippen LogP contribution in [0.5, 0.6) is 5.75 Å². The highest BCUT2D eigenvalue weighted by Gasteiger charge is 2.34. The van der Waals surface area contributed by atoms with E-state index in [2.05, 4.69) is 47.1 Å². The lowest BCUT2D eigenvalue weighted by atomic mass is 9.98. The molecule has 3 amide bonds. The maximum Gasteiger partial charge on any atom is 0.326 e. The van der Waals surface area contributed by atoms with Crippen molar-refractivity contribution in [2.24, 2.45) is 0 Å². The normalized spacial score (nSPS) is 19.6. The van der Waals surface area contributed by atoms with E-state index in [4.69, 9.17) is 5.73 Å². The second kappa shape index (κ2) is 13.8. The number of likely N-dealkylation sites (tertiary alicyclic amines) is 3. The number of nitrogens with zero attached hydrogens (tertiary/aromatic N) is 4. The van der Waals surface area contributed by atoms with Crippen LogP contribution < -0.4 is 16.7 Å². The number of anilines is 1. The molecule has 0 saturated carbocycles. The molecule has 0 spiro atoms. The number of rotatable bonds is 6. The Morgan fingerprint density at radius 3 is 2.20 bits per heavy atom. The van der Waals surface area contributed by atoms with Gasteiger partial charge in [-0.05, 0) is 113 Å². The predicted octanol–water partition coefficient (Wildman–Crippen LogP) is 4.58. The second-order valence-corrected chi connectivity index (χ2v) is 14.3. The number of aromatic hydroxyl groups is 1. The summed E-state index contributed by atoms with van der Waals surface area (Å²) >= 11 is 7.03. The van der Waals surface area contributed by atoms with Crippen molar-refractivity contribution in [3.63, 3.8) is 0 Å². The van der Waals surface area contributed by atoms with Crippen LogP contribution in [0.25, 0.3) is 11.0 Å². The predicted molar refractivity (Wildman–Crippen MR) is 181 cm³/mol. The van der Waals surface area contributed by atoms with Crippen molar-refractivity contribution >= 4 is 60.5 Å². The topological polar surface area (TPSA) is 140 Å². The van der Waals surface area contributed by atoms with Gasteiger partial charge in [0.1, 0.15) is 11.8 Å². The van der Waals surface area contributed by atoms with E-state index in [1.165, 1.54) is 19.3 Å². The number of hydrogen-bond acceptors (Lipinski definition) is 6. The number of nitrogens with one attached hydrogen (secondary N) is 2. The quantitative estimate of drug-likeness (QED) is 0.273. The zero-order valence-electron chi connectivity index (χ0n) is 25.3. The molecule has 13 heteroatoms. The Balaban J connectivity index is 1.13. The first-order chi connectivity index (χ1) is 21.7. The number of urea groups is 1. The molecule has 0 radical (unpaired) electrons. The lowest BCUT2D eigenvalue weighted by molar-refractivity contribution is -0.134. The minimum Gasteiger partial charge on any atom is -0.508 e. The summed E-state index contributed by atoms with van der Waals surface area (Å²) in [6.45, 7) is 4.54. The van der Waals surface area contributed by atoms with Crippen LogP contribution in [0.4, 0.5) is 10.5 Å². The zero-order chi connectivity index (χ0) is 31.7. The molecule has 3 aliphatic rings.